The summed E-state index contributed by atoms with van der Waals surface area (Å²) < 4.78 is 5.41. The van der Waals surface area contributed by atoms with Crippen LogP contribution >= 0.6 is 0 Å². The molecular formula is C13H21N3O3. The van der Waals surface area contributed by atoms with Gasteiger partial charge in [-0.15, -0.1) is 0 Å². The van der Waals surface area contributed by atoms with Crippen LogP contribution in [0.15, 0.2) is 12.3 Å². The van der Waals surface area contributed by atoms with Crippen LogP contribution in [-0.2, 0) is 4.79 Å². The molecule has 0 bridgehead atoms. The summed E-state index contributed by atoms with van der Waals surface area (Å²) in [5.74, 6) is 0.218. The van der Waals surface area contributed by atoms with Crippen LogP contribution in [0.3, 0.4) is 0 Å². The van der Waals surface area contributed by atoms with Crippen LogP contribution in [-0.4, -0.2) is 33.7 Å². The topological polar surface area (TPSA) is 84.3 Å². The van der Waals surface area contributed by atoms with Crippen molar-refractivity contribution < 1.29 is 14.6 Å². The van der Waals surface area contributed by atoms with Gasteiger partial charge in [-0.1, -0.05) is 20.8 Å². The van der Waals surface area contributed by atoms with Crippen LogP contribution in [0.25, 0.3) is 0 Å². The zero-order valence-corrected chi connectivity index (χ0v) is 11.6. The number of carbonyl (C=O) groups is 1. The Morgan fingerprint density at radius 3 is 2.84 bits per heavy atom. The van der Waals surface area contributed by atoms with Gasteiger partial charge in [0.2, 0.25) is 11.8 Å². The zero-order valence-electron chi connectivity index (χ0n) is 11.6. The Balaban J connectivity index is 2.70. The van der Waals surface area contributed by atoms with E-state index in [1.165, 1.54) is 0 Å². The first-order valence-electron chi connectivity index (χ1n) is 6.47. The fourth-order valence-corrected chi connectivity index (χ4v) is 1.51. The van der Waals surface area contributed by atoms with Crippen molar-refractivity contribution in [2.75, 3.05) is 11.9 Å². The van der Waals surface area contributed by atoms with E-state index in [0.29, 0.717) is 18.4 Å². The van der Waals surface area contributed by atoms with E-state index in [9.17, 15) is 4.79 Å². The second-order valence-corrected chi connectivity index (χ2v) is 4.66. The molecule has 0 radical (unpaired) electrons. The fraction of sp³-hybridized carbons (Fsp3) is 0.615. The maximum atomic E-state index is 10.8. The van der Waals surface area contributed by atoms with E-state index in [2.05, 4.69) is 15.3 Å². The molecule has 0 aliphatic carbocycles. The molecule has 0 amide bonds. The normalized spacial score (nSPS) is 12.2. The van der Waals surface area contributed by atoms with Gasteiger partial charge in [0, 0.05) is 18.3 Å². The molecule has 6 nitrogen and oxygen atoms in total. The molecule has 0 saturated heterocycles. The van der Waals surface area contributed by atoms with Crippen LogP contribution in [0.1, 0.15) is 33.6 Å². The Hall–Kier alpha value is -1.85. The molecule has 1 atom stereocenters. The predicted octanol–water partition coefficient (Wildman–Crippen LogP) is 2.18. The van der Waals surface area contributed by atoms with Crippen LogP contribution < -0.4 is 10.1 Å². The van der Waals surface area contributed by atoms with Crippen LogP contribution in [0.4, 0.5) is 5.95 Å². The van der Waals surface area contributed by atoms with Gasteiger partial charge in [0.25, 0.3) is 0 Å². The molecule has 106 valence electrons. The maximum absolute atomic E-state index is 10.8. The highest BCUT2D eigenvalue weighted by molar-refractivity contribution is 5.68. The Bertz CT molecular complexity index is 410. The van der Waals surface area contributed by atoms with Gasteiger partial charge in [-0.2, -0.15) is 4.98 Å². The molecule has 6 heteroatoms. The molecular weight excluding hydrogens is 246 g/mol. The van der Waals surface area contributed by atoms with Gasteiger partial charge in [-0.25, -0.2) is 4.98 Å². The highest BCUT2D eigenvalue weighted by Crippen LogP contribution is 2.14. The van der Waals surface area contributed by atoms with E-state index in [1.807, 2.05) is 20.8 Å². The summed E-state index contributed by atoms with van der Waals surface area (Å²) in [6.45, 7) is 6.53. The third-order valence-electron chi connectivity index (χ3n) is 2.60. The SMILES string of the molecule is CCCOc1ccnc(NC(CC(=O)O)C(C)C)n1. The van der Waals surface area contributed by atoms with Crippen molar-refractivity contribution in [1.29, 1.82) is 0 Å². The van der Waals surface area contributed by atoms with Gasteiger partial charge in [0.1, 0.15) is 0 Å². The third-order valence-corrected chi connectivity index (χ3v) is 2.60. The van der Waals surface area contributed by atoms with Crippen molar-refractivity contribution in [2.24, 2.45) is 5.92 Å². The molecule has 0 spiro atoms. The maximum Gasteiger partial charge on any atom is 0.305 e. The smallest absolute Gasteiger partial charge is 0.305 e. The number of hydrogen-bond acceptors (Lipinski definition) is 5. The standard InChI is InChI=1S/C13H21N3O3/c1-4-7-19-11-5-6-14-13(16-11)15-10(9(2)3)8-12(17)18/h5-6,9-10H,4,7-8H2,1-3H3,(H,17,18)(H,14,15,16). The summed E-state index contributed by atoms with van der Waals surface area (Å²) in [6, 6.07) is 1.47. The van der Waals surface area contributed by atoms with Crippen LogP contribution in [0.2, 0.25) is 0 Å². The lowest BCUT2D eigenvalue weighted by molar-refractivity contribution is -0.137. The monoisotopic (exact) mass is 267 g/mol. The summed E-state index contributed by atoms with van der Waals surface area (Å²) in [5, 5.41) is 11.9. The molecule has 0 aromatic carbocycles. The highest BCUT2D eigenvalue weighted by Gasteiger charge is 2.18. The van der Waals surface area contributed by atoms with Gasteiger partial charge in [0.05, 0.1) is 13.0 Å². The Morgan fingerprint density at radius 2 is 2.26 bits per heavy atom. The average Bonchev–Trinajstić information content (AvgIpc) is 2.35. The third kappa shape index (κ3) is 5.54. The van der Waals surface area contributed by atoms with Crippen molar-refractivity contribution in [3.63, 3.8) is 0 Å². The number of nitrogens with zero attached hydrogens (tertiary/aromatic N) is 2. The Morgan fingerprint density at radius 1 is 1.53 bits per heavy atom. The van der Waals surface area contributed by atoms with Gasteiger partial charge >= 0.3 is 5.97 Å². The minimum atomic E-state index is -0.843. The first-order valence-corrected chi connectivity index (χ1v) is 6.47. The lowest BCUT2D eigenvalue weighted by atomic mass is 10.0. The van der Waals surface area contributed by atoms with Gasteiger partial charge < -0.3 is 15.2 Å². The largest absolute Gasteiger partial charge is 0.481 e. The van der Waals surface area contributed by atoms with Gasteiger partial charge in [-0.3, -0.25) is 4.79 Å². The van der Waals surface area contributed by atoms with Crippen molar-refractivity contribution in [2.45, 2.75) is 39.7 Å². The number of aliphatic carboxylic acids is 1. The molecule has 2 N–H and O–H groups in total. The molecule has 0 fully saturated rings. The lowest BCUT2D eigenvalue weighted by Crippen LogP contribution is -2.29. The summed E-state index contributed by atoms with van der Waals surface area (Å²) in [5.41, 5.74) is 0. The number of carboxylic acids is 1. The van der Waals surface area contributed by atoms with Gasteiger partial charge in [-0.05, 0) is 12.3 Å². The number of hydrogen-bond donors (Lipinski definition) is 2. The minimum Gasteiger partial charge on any atom is -0.481 e. The summed E-state index contributed by atoms with van der Waals surface area (Å²) >= 11 is 0. The number of rotatable bonds is 8. The zero-order chi connectivity index (χ0) is 14.3. The van der Waals surface area contributed by atoms with E-state index in [4.69, 9.17) is 9.84 Å². The van der Waals surface area contributed by atoms with Crippen molar-refractivity contribution >= 4 is 11.9 Å². The molecule has 1 aromatic rings. The van der Waals surface area contributed by atoms with E-state index in [0.717, 1.165) is 6.42 Å². The minimum absolute atomic E-state index is 0.0288. The molecule has 19 heavy (non-hydrogen) atoms. The van der Waals surface area contributed by atoms with E-state index in [1.54, 1.807) is 12.3 Å². The number of carboxylic acid groups (broad SMARTS) is 1. The fourth-order valence-electron chi connectivity index (χ4n) is 1.51. The number of ether oxygens (including phenoxy) is 1. The second-order valence-electron chi connectivity index (χ2n) is 4.66. The van der Waals surface area contributed by atoms with Crippen LogP contribution in [0.5, 0.6) is 5.88 Å². The average molecular weight is 267 g/mol. The van der Waals surface area contributed by atoms with E-state index in [-0.39, 0.29) is 18.4 Å². The van der Waals surface area contributed by atoms with E-state index >= 15 is 0 Å². The second kappa shape index (κ2) is 7.56. The van der Waals surface area contributed by atoms with E-state index < -0.39 is 5.97 Å². The van der Waals surface area contributed by atoms with Gasteiger partial charge in [0.15, 0.2) is 0 Å². The molecule has 1 heterocycles. The first kappa shape index (κ1) is 15.2. The summed E-state index contributed by atoms with van der Waals surface area (Å²) in [6.07, 6.45) is 2.53. The van der Waals surface area contributed by atoms with Crippen molar-refractivity contribution in [1.82, 2.24) is 9.97 Å². The summed E-state index contributed by atoms with van der Waals surface area (Å²) in [4.78, 5) is 19.1. The number of anilines is 1. The molecule has 1 unspecified atom stereocenters. The molecule has 0 aliphatic heterocycles. The molecule has 0 aliphatic rings. The quantitative estimate of drug-likeness (QED) is 0.751. The summed E-state index contributed by atoms with van der Waals surface area (Å²) in [7, 11) is 0. The van der Waals surface area contributed by atoms with Crippen LogP contribution in [0, 0.1) is 5.92 Å². The highest BCUT2D eigenvalue weighted by atomic mass is 16.5. The van der Waals surface area contributed by atoms with Crippen molar-refractivity contribution in [3.05, 3.63) is 12.3 Å². The Labute approximate surface area is 113 Å². The number of nitrogens with one attached hydrogen (secondary N) is 1. The molecule has 1 aromatic heterocycles. The lowest BCUT2D eigenvalue weighted by Gasteiger charge is -2.20. The first-order chi connectivity index (χ1) is 9.02. The van der Waals surface area contributed by atoms with Crippen molar-refractivity contribution in [3.8, 4) is 5.88 Å². The predicted molar refractivity (Wildman–Crippen MR) is 72.3 cm³/mol. The molecule has 0 saturated carbocycles. The Kier molecular flexibility index (Phi) is 6.05. The number of aromatic nitrogens is 2. The molecule has 1 rings (SSSR count).